The Bertz CT molecular complexity index is 603. The number of aromatic nitrogens is 1. The lowest BCUT2D eigenvalue weighted by atomic mass is 10.1. The van der Waals surface area contributed by atoms with Gasteiger partial charge in [0.05, 0.1) is 11.3 Å². The summed E-state index contributed by atoms with van der Waals surface area (Å²) in [6, 6.07) is 3.63. The predicted molar refractivity (Wildman–Crippen MR) is 61.9 cm³/mol. The van der Waals surface area contributed by atoms with Crippen LogP contribution >= 0.6 is 23.6 Å². The number of carboxylic acids is 1. The Balaban J connectivity index is 2.64. The minimum Gasteiger partial charge on any atom is -0.478 e. The van der Waals surface area contributed by atoms with Crippen LogP contribution in [0.15, 0.2) is 23.6 Å². The Morgan fingerprint density at radius 3 is 2.81 bits per heavy atom. The summed E-state index contributed by atoms with van der Waals surface area (Å²) in [4.78, 5) is 13.8. The average molecular weight is 255 g/mol. The predicted octanol–water partition coefficient (Wildman–Crippen LogP) is 3.31. The number of carbonyl (C=O) groups is 1. The molecule has 0 spiro atoms. The van der Waals surface area contributed by atoms with Crippen molar-refractivity contribution >= 4 is 29.5 Å². The van der Waals surface area contributed by atoms with E-state index < -0.39 is 11.8 Å². The number of aromatic amines is 1. The molecule has 0 atom stereocenters. The summed E-state index contributed by atoms with van der Waals surface area (Å²) in [5.74, 6) is -1.74. The molecule has 0 aliphatic rings. The second-order valence-electron chi connectivity index (χ2n) is 3.06. The van der Waals surface area contributed by atoms with Crippen LogP contribution in [0, 0.1) is 9.77 Å². The number of hydrogen-bond acceptors (Lipinski definition) is 3. The highest BCUT2D eigenvalue weighted by atomic mass is 32.1. The van der Waals surface area contributed by atoms with Crippen LogP contribution in [0.3, 0.4) is 0 Å². The summed E-state index contributed by atoms with van der Waals surface area (Å²) in [5.41, 5.74) is 0.942. The molecule has 1 aromatic carbocycles. The first-order valence-corrected chi connectivity index (χ1v) is 5.58. The topological polar surface area (TPSA) is 53.1 Å². The van der Waals surface area contributed by atoms with Crippen LogP contribution < -0.4 is 0 Å². The highest BCUT2D eigenvalue weighted by molar-refractivity contribution is 7.73. The first kappa shape index (κ1) is 11.0. The van der Waals surface area contributed by atoms with Gasteiger partial charge in [-0.05, 0) is 30.4 Å². The summed E-state index contributed by atoms with van der Waals surface area (Å²) in [6.07, 6.45) is 0. The molecule has 3 nitrogen and oxygen atoms in total. The van der Waals surface area contributed by atoms with Crippen molar-refractivity contribution in [2.24, 2.45) is 0 Å². The lowest BCUT2D eigenvalue weighted by Crippen LogP contribution is -2.00. The molecule has 0 saturated heterocycles. The van der Waals surface area contributed by atoms with Crippen molar-refractivity contribution in [1.29, 1.82) is 0 Å². The summed E-state index contributed by atoms with van der Waals surface area (Å²) >= 11 is 6.21. The van der Waals surface area contributed by atoms with E-state index in [1.165, 1.54) is 23.5 Å². The molecular weight excluding hydrogens is 249 g/mol. The third-order valence-corrected chi connectivity index (χ3v) is 3.08. The normalized spacial score (nSPS) is 10.3. The number of aromatic carboxylic acids is 1. The second kappa shape index (κ2) is 4.15. The summed E-state index contributed by atoms with van der Waals surface area (Å²) in [7, 11) is 0. The Morgan fingerprint density at radius 1 is 1.50 bits per heavy atom. The molecule has 1 aromatic heterocycles. The van der Waals surface area contributed by atoms with E-state index in [0.29, 0.717) is 15.2 Å². The number of thiazole rings is 1. The fraction of sp³-hybridized carbons (Fsp3) is 0. The van der Waals surface area contributed by atoms with Crippen molar-refractivity contribution in [3.05, 3.63) is 38.9 Å². The monoisotopic (exact) mass is 255 g/mol. The molecule has 0 amide bonds. The largest absolute Gasteiger partial charge is 0.478 e. The highest BCUT2D eigenvalue weighted by Crippen LogP contribution is 2.24. The molecule has 0 fully saturated rings. The zero-order chi connectivity index (χ0) is 11.7. The lowest BCUT2D eigenvalue weighted by Gasteiger charge is -2.03. The smallest absolute Gasteiger partial charge is 0.336 e. The zero-order valence-corrected chi connectivity index (χ0v) is 9.49. The van der Waals surface area contributed by atoms with Gasteiger partial charge in [0.1, 0.15) is 5.82 Å². The van der Waals surface area contributed by atoms with E-state index in [-0.39, 0.29) is 5.56 Å². The number of benzene rings is 1. The molecule has 2 rings (SSSR count). The molecule has 6 heteroatoms. The fourth-order valence-electron chi connectivity index (χ4n) is 1.34. The Kier molecular flexibility index (Phi) is 2.84. The SMILES string of the molecule is O=C(O)c1cc(F)ccc1-c1csc(=S)[nH]1. The maximum Gasteiger partial charge on any atom is 0.336 e. The van der Waals surface area contributed by atoms with Crippen LogP contribution in [-0.4, -0.2) is 16.1 Å². The van der Waals surface area contributed by atoms with E-state index in [4.69, 9.17) is 17.3 Å². The van der Waals surface area contributed by atoms with Gasteiger partial charge in [-0.3, -0.25) is 0 Å². The van der Waals surface area contributed by atoms with E-state index in [0.717, 1.165) is 6.07 Å². The van der Waals surface area contributed by atoms with Gasteiger partial charge in [0.25, 0.3) is 0 Å². The number of carboxylic acid groups (broad SMARTS) is 1. The van der Waals surface area contributed by atoms with Gasteiger partial charge in [-0.2, -0.15) is 0 Å². The first-order valence-electron chi connectivity index (χ1n) is 4.29. The Morgan fingerprint density at radius 2 is 2.25 bits per heavy atom. The van der Waals surface area contributed by atoms with Crippen LogP contribution in [-0.2, 0) is 0 Å². The van der Waals surface area contributed by atoms with Crippen LogP contribution in [0.4, 0.5) is 4.39 Å². The number of halogens is 1. The van der Waals surface area contributed by atoms with E-state index in [1.807, 2.05) is 0 Å². The highest BCUT2D eigenvalue weighted by Gasteiger charge is 2.13. The third kappa shape index (κ3) is 2.02. The van der Waals surface area contributed by atoms with Crippen LogP contribution in [0.2, 0.25) is 0 Å². The Hall–Kier alpha value is -1.53. The van der Waals surface area contributed by atoms with Gasteiger partial charge >= 0.3 is 5.97 Å². The van der Waals surface area contributed by atoms with E-state index in [1.54, 1.807) is 5.38 Å². The minimum atomic E-state index is -1.17. The van der Waals surface area contributed by atoms with Crippen LogP contribution in [0.25, 0.3) is 11.3 Å². The molecule has 2 N–H and O–H groups in total. The van der Waals surface area contributed by atoms with Gasteiger partial charge in [0.15, 0.2) is 3.95 Å². The van der Waals surface area contributed by atoms with Crippen LogP contribution in [0.5, 0.6) is 0 Å². The van der Waals surface area contributed by atoms with Crippen molar-refractivity contribution in [3.8, 4) is 11.3 Å². The fourth-order valence-corrected chi connectivity index (χ4v) is 2.17. The van der Waals surface area contributed by atoms with Crippen molar-refractivity contribution in [1.82, 2.24) is 4.98 Å². The van der Waals surface area contributed by atoms with Crippen molar-refractivity contribution < 1.29 is 14.3 Å². The maximum atomic E-state index is 12.9. The van der Waals surface area contributed by atoms with E-state index >= 15 is 0 Å². The quantitative estimate of drug-likeness (QED) is 0.809. The summed E-state index contributed by atoms with van der Waals surface area (Å²) in [6.45, 7) is 0. The molecule has 0 saturated carbocycles. The third-order valence-electron chi connectivity index (χ3n) is 2.02. The molecule has 82 valence electrons. The van der Waals surface area contributed by atoms with Gasteiger partial charge in [0, 0.05) is 10.9 Å². The van der Waals surface area contributed by atoms with E-state index in [2.05, 4.69) is 4.98 Å². The standard InChI is InChI=1S/C10H6FNO2S2/c11-5-1-2-6(7(3-5)9(13)14)8-4-16-10(15)12-8/h1-4H,(H,12,15)(H,13,14). The number of rotatable bonds is 2. The van der Waals surface area contributed by atoms with Gasteiger partial charge in [0.2, 0.25) is 0 Å². The molecule has 1 heterocycles. The first-order chi connectivity index (χ1) is 7.58. The molecule has 0 aliphatic carbocycles. The van der Waals surface area contributed by atoms with E-state index in [9.17, 15) is 9.18 Å². The van der Waals surface area contributed by atoms with Gasteiger partial charge in [-0.15, -0.1) is 11.3 Å². The second-order valence-corrected chi connectivity index (χ2v) is 4.60. The minimum absolute atomic E-state index is 0.0796. The molecule has 2 aromatic rings. The van der Waals surface area contributed by atoms with Gasteiger partial charge < -0.3 is 10.1 Å². The molecule has 0 aliphatic heterocycles. The van der Waals surface area contributed by atoms with Crippen LogP contribution in [0.1, 0.15) is 10.4 Å². The number of hydrogen-bond donors (Lipinski definition) is 2. The Labute approximate surface area is 99.2 Å². The maximum absolute atomic E-state index is 12.9. The van der Waals surface area contributed by atoms with Gasteiger partial charge in [-0.25, -0.2) is 9.18 Å². The number of nitrogens with one attached hydrogen (secondary N) is 1. The van der Waals surface area contributed by atoms with Crippen molar-refractivity contribution in [2.75, 3.05) is 0 Å². The van der Waals surface area contributed by atoms with Crippen molar-refractivity contribution in [3.63, 3.8) is 0 Å². The van der Waals surface area contributed by atoms with Crippen molar-refractivity contribution in [2.45, 2.75) is 0 Å². The molecular formula is C10H6FNO2S2. The summed E-state index contributed by atoms with van der Waals surface area (Å²) in [5, 5.41) is 10.7. The summed E-state index contributed by atoms with van der Waals surface area (Å²) < 4.78 is 13.5. The number of H-pyrrole nitrogens is 1. The lowest BCUT2D eigenvalue weighted by molar-refractivity contribution is 0.0697. The zero-order valence-electron chi connectivity index (χ0n) is 7.86. The van der Waals surface area contributed by atoms with Gasteiger partial charge in [-0.1, -0.05) is 0 Å². The molecule has 0 unspecified atom stereocenters. The molecule has 0 bridgehead atoms. The molecule has 0 radical (unpaired) electrons. The molecule has 16 heavy (non-hydrogen) atoms. The average Bonchev–Trinajstić information content (AvgIpc) is 2.64.